The molecule has 3 atom stereocenters. The van der Waals surface area contributed by atoms with Crippen LogP contribution in [0.15, 0.2) is 0 Å². The first-order valence-electron chi connectivity index (χ1n) is 2.93. The van der Waals surface area contributed by atoms with Crippen LogP contribution in [0.4, 0.5) is 0 Å². The summed E-state index contributed by atoms with van der Waals surface area (Å²) in [7, 11) is 0. The number of halogens is 1. The number of hydrogen-bond donors (Lipinski definition) is 3. The second-order valence-corrected chi connectivity index (χ2v) is 2.89. The van der Waals surface area contributed by atoms with Gasteiger partial charge in [0.2, 0.25) is 5.25 Å². The summed E-state index contributed by atoms with van der Waals surface area (Å²) in [5.41, 5.74) is 0. The maximum Gasteiger partial charge on any atom is 0.248 e. The molecule has 1 saturated heterocycles. The Morgan fingerprint density at radius 1 is 1.70 bits per heavy atom. The topological polar surface area (TPSA) is 69.9 Å². The van der Waals surface area contributed by atoms with Crippen molar-refractivity contribution in [3.63, 3.8) is 0 Å². The van der Waals surface area contributed by atoms with Crippen molar-refractivity contribution in [3.05, 3.63) is 0 Å². The summed E-state index contributed by atoms with van der Waals surface area (Å²) in [5, 5.41) is 24.6. The molecule has 0 bridgehead atoms. The van der Waals surface area contributed by atoms with Gasteiger partial charge in [0.15, 0.2) is 0 Å². The third-order valence-electron chi connectivity index (χ3n) is 1.40. The average molecular weight is 169 g/mol. The van der Waals surface area contributed by atoms with Gasteiger partial charge in [-0.25, -0.2) is 0 Å². The fraction of sp³-hybridized carbons (Fsp3) is 1.00. The first kappa shape index (κ1) is 8.23. The minimum atomic E-state index is -1.80. The van der Waals surface area contributed by atoms with Crippen molar-refractivity contribution in [2.24, 2.45) is 0 Å². The zero-order chi connectivity index (χ0) is 7.78. The molecule has 0 amide bonds. The van der Waals surface area contributed by atoms with Crippen LogP contribution < -0.4 is 0 Å². The lowest BCUT2D eigenvalue weighted by atomic mass is 10.2. The minimum absolute atomic E-state index is 0.0697. The molecule has 0 radical (unpaired) electrons. The molecule has 0 aliphatic carbocycles. The minimum Gasteiger partial charge on any atom is -0.394 e. The molecule has 1 aliphatic rings. The zero-order valence-corrected chi connectivity index (χ0v) is 5.95. The molecular formula is C5H9ClO4. The van der Waals surface area contributed by atoms with Crippen LogP contribution in [0.1, 0.15) is 6.42 Å². The van der Waals surface area contributed by atoms with Gasteiger partial charge in [0.25, 0.3) is 0 Å². The maximum atomic E-state index is 9.00. The predicted octanol–water partition coefficient (Wildman–Crippen LogP) is -0.987. The Labute approximate surface area is 63.0 Å². The van der Waals surface area contributed by atoms with Gasteiger partial charge in [-0.2, -0.15) is 0 Å². The van der Waals surface area contributed by atoms with Gasteiger partial charge >= 0.3 is 0 Å². The highest BCUT2D eigenvalue weighted by atomic mass is 35.5. The van der Waals surface area contributed by atoms with E-state index in [2.05, 4.69) is 4.74 Å². The third kappa shape index (κ3) is 1.59. The molecule has 10 heavy (non-hydrogen) atoms. The fourth-order valence-electron chi connectivity index (χ4n) is 0.907. The molecule has 1 heterocycles. The van der Waals surface area contributed by atoms with E-state index in [1.165, 1.54) is 0 Å². The van der Waals surface area contributed by atoms with E-state index >= 15 is 0 Å². The van der Waals surface area contributed by atoms with Crippen molar-refractivity contribution in [2.75, 3.05) is 6.61 Å². The standard InChI is InChI=1S/C5H9ClO4/c6-5(9)1-3(8)4(2-7)10-5/h3-4,7-9H,1-2H2/t3-,4+,5?/m0/s1. The summed E-state index contributed by atoms with van der Waals surface area (Å²) < 4.78 is 4.63. The van der Waals surface area contributed by atoms with Gasteiger partial charge in [0, 0.05) is 6.42 Å². The molecular weight excluding hydrogens is 160 g/mol. The maximum absolute atomic E-state index is 9.00. The monoisotopic (exact) mass is 168 g/mol. The van der Waals surface area contributed by atoms with Crippen molar-refractivity contribution in [1.82, 2.24) is 0 Å². The Kier molecular flexibility index (Phi) is 2.17. The summed E-state index contributed by atoms with van der Waals surface area (Å²) in [5.74, 6) is 0. The number of alkyl halides is 1. The van der Waals surface area contributed by atoms with Crippen molar-refractivity contribution >= 4 is 11.6 Å². The Balaban J connectivity index is 2.52. The summed E-state index contributed by atoms with van der Waals surface area (Å²) in [4.78, 5) is 0. The molecule has 60 valence electrons. The van der Waals surface area contributed by atoms with Crippen LogP contribution in [0.3, 0.4) is 0 Å². The highest BCUT2D eigenvalue weighted by molar-refractivity contribution is 6.21. The second-order valence-electron chi connectivity index (χ2n) is 2.30. The summed E-state index contributed by atoms with van der Waals surface area (Å²) in [6.45, 7) is -0.337. The van der Waals surface area contributed by atoms with E-state index < -0.39 is 17.5 Å². The summed E-state index contributed by atoms with van der Waals surface area (Å²) >= 11 is 5.30. The number of aliphatic hydroxyl groups excluding tert-OH is 2. The Morgan fingerprint density at radius 2 is 2.30 bits per heavy atom. The fourth-order valence-corrected chi connectivity index (χ4v) is 1.18. The quantitative estimate of drug-likeness (QED) is 0.440. The lowest BCUT2D eigenvalue weighted by Crippen LogP contribution is -2.25. The molecule has 1 aliphatic heterocycles. The second kappa shape index (κ2) is 2.64. The highest BCUT2D eigenvalue weighted by Gasteiger charge is 2.42. The van der Waals surface area contributed by atoms with Crippen molar-refractivity contribution < 1.29 is 20.1 Å². The summed E-state index contributed by atoms with van der Waals surface area (Å²) in [6, 6.07) is 0. The van der Waals surface area contributed by atoms with Gasteiger partial charge in [-0.1, -0.05) is 11.6 Å². The van der Waals surface area contributed by atoms with Gasteiger partial charge in [0.05, 0.1) is 12.7 Å². The number of hydrogen-bond acceptors (Lipinski definition) is 4. The number of ether oxygens (including phenoxy) is 1. The van der Waals surface area contributed by atoms with E-state index in [0.717, 1.165) is 0 Å². The smallest absolute Gasteiger partial charge is 0.248 e. The molecule has 3 N–H and O–H groups in total. The molecule has 1 rings (SSSR count). The van der Waals surface area contributed by atoms with Crippen molar-refractivity contribution in [3.8, 4) is 0 Å². The zero-order valence-electron chi connectivity index (χ0n) is 5.20. The van der Waals surface area contributed by atoms with E-state index in [0.29, 0.717) is 0 Å². The first-order valence-corrected chi connectivity index (χ1v) is 3.31. The van der Waals surface area contributed by atoms with Crippen LogP contribution in [0, 0.1) is 0 Å². The molecule has 5 heteroatoms. The first-order chi connectivity index (χ1) is 4.55. The number of rotatable bonds is 1. The van der Waals surface area contributed by atoms with Gasteiger partial charge in [0.1, 0.15) is 6.10 Å². The molecule has 0 spiro atoms. The largest absolute Gasteiger partial charge is 0.394 e. The van der Waals surface area contributed by atoms with Gasteiger partial charge in [-0.15, -0.1) is 0 Å². The van der Waals surface area contributed by atoms with Crippen LogP contribution in [-0.2, 0) is 4.74 Å². The van der Waals surface area contributed by atoms with E-state index in [9.17, 15) is 0 Å². The molecule has 1 unspecified atom stereocenters. The molecule has 4 nitrogen and oxygen atoms in total. The predicted molar refractivity (Wildman–Crippen MR) is 33.4 cm³/mol. The summed E-state index contributed by atoms with van der Waals surface area (Å²) in [6.07, 6.45) is -1.71. The van der Waals surface area contributed by atoms with E-state index in [-0.39, 0.29) is 13.0 Å². The lowest BCUT2D eigenvalue weighted by molar-refractivity contribution is -0.139. The van der Waals surface area contributed by atoms with Crippen molar-refractivity contribution in [2.45, 2.75) is 23.9 Å². The normalized spacial score (nSPS) is 48.0. The molecule has 0 aromatic rings. The van der Waals surface area contributed by atoms with E-state index in [1.807, 2.05) is 0 Å². The van der Waals surface area contributed by atoms with E-state index in [4.69, 9.17) is 26.9 Å². The van der Waals surface area contributed by atoms with Crippen molar-refractivity contribution in [1.29, 1.82) is 0 Å². The SMILES string of the molecule is OC[C@H]1OC(O)(Cl)C[C@@H]1O. The Hall–Kier alpha value is 0.130. The van der Waals surface area contributed by atoms with Crippen LogP contribution in [0.2, 0.25) is 0 Å². The lowest BCUT2D eigenvalue weighted by Gasteiger charge is -2.12. The van der Waals surface area contributed by atoms with Gasteiger partial charge in [-0.05, 0) is 0 Å². The Bertz CT molecular complexity index is 127. The van der Waals surface area contributed by atoms with Crippen LogP contribution >= 0.6 is 11.6 Å². The third-order valence-corrected chi connectivity index (χ3v) is 1.65. The molecule has 1 fully saturated rings. The van der Waals surface area contributed by atoms with Crippen LogP contribution in [0.25, 0.3) is 0 Å². The highest BCUT2D eigenvalue weighted by Crippen LogP contribution is 2.31. The van der Waals surface area contributed by atoms with Crippen LogP contribution in [-0.4, -0.2) is 39.4 Å². The number of aliphatic hydroxyl groups is 3. The van der Waals surface area contributed by atoms with Crippen LogP contribution in [0.5, 0.6) is 0 Å². The Morgan fingerprint density at radius 3 is 2.50 bits per heavy atom. The van der Waals surface area contributed by atoms with Gasteiger partial charge in [-0.3, -0.25) is 0 Å². The molecule has 0 aromatic carbocycles. The van der Waals surface area contributed by atoms with E-state index in [1.54, 1.807) is 0 Å². The molecule has 0 saturated carbocycles. The average Bonchev–Trinajstić information content (AvgIpc) is 2.05. The molecule has 0 aromatic heterocycles. The van der Waals surface area contributed by atoms with Gasteiger partial charge < -0.3 is 20.1 Å².